The Balaban J connectivity index is -0.000000516. The number of nitrogens with one attached hydrogen (secondary N) is 2. The Hall–Kier alpha value is -1.28. The Kier molecular flexibility index (Phi) is 32.3. The number of hydrogen-bond acceptors (Lipinski definition) is 2. The van der Waals surface area contributed by atoms with Crippen LogP contribution < -0.4 is 10.6 Å². The van der Waals surface area contributed by atoms with Crippen molar-refractivity contribution in [3.8, 4) is 0 Å². The average molecular weight is 407 g/mol. The zero-order valence-electron chi connectivity index (χ0n) is 20.6. The van der Waals surface area contributed by atoms with E-state index in [9.17, 15) is 0 Å². The molecule has 1 aliphatic rings. The molecule has 2 nitrogen and oxygen atoms in total. The number of allylic oxidation sites excluding steroid dienone is 2. The molecule has 0 radical (unpaired) electrons. The Morgan fingerprint density at radius 1 is 1.00 bits per heavy atom. The van der Waals surface area contributed by atoms with E-state index in [4.69, 9.17) is 0 Å². The van der Waals surface area contributed by atoms with Gasteiger partial charge in [-0.15, -0.1) is 26.3 Å². The molecular formula is C27H54N2. The van der Waals surface area contributed by atoms with Gasteiger partial charge in [-0.2, -0.15) is 0 Å². The summed E-state index contributed by atoms with van der Waals surface area (Å²) >= 11 is 0. The zero-order valence-corrected chi connectivity index (χ0v) is 20.6. The van der Waals surface area contributed by atoms with Crippen LogP contribution in [0.5, 0.6) is 0 Å². The Bertz CT molecular complexity index is 340. The second kappa shape index (κ2) is 28.9. The summed E-state index contributed by atoms with van der Waals surface area (Å²) in [5.41, 5.74) is 0. The molecule has 1 aliphatic carbocycles. The van der Waals surface area contributed by atoms with Gasteiger partial charge in [-0.05, 0) is 76.6 Å². The predicted molar refractivity (Wildman–Crippen MR) is 137 cm³/mol. The van der Waals surface area contributed by atoms with Crippen molar-refractivity contribution in [1.29, 1.82) is 0 Å². The lowest BCUT2D eigenvalue weighted by atomic mass is 9.78. The SMILES string of the molecule is C=C.C=CC1CCC(CCC(CCC)CCNC)CC1.C=CCN/C=C\C.CC. The summed E-state index contributed by atoms with van der Waals surface area (Å²) in [6.45, 7) is 23.8. The van der Waals surface area contributed by atoms with E-state index in [0.29, 0.717) is 0 Å². The highest BCUT2D eigenvalue weighted by Gasteiger charge is 2.20. The maximum atomic E-state index is 3.93. The second-order valence-corrected chi connectivity index (χ2v) is 7.34. The molecule has 1 unspecified atom stereocenters. The van der Waals surface area contributed by atoms with Gasteiger partial charge in [-0.25, -0.2) is 0 Å². The van der Waals surface area contributed by atoms with Crippen LogP contribution in [0, 0.1) is 17.8 Å². The van der Waals surface area contributed by atoms with E-state index >= 15 is 0 Å². The Morgan fingerprint density at radius 3 is 2.07 bits per heavy atom. The van der Waals surface area contributed by atoms with Crippen molar-refractivity contribution in [3.05, 3.63) is 50.7 Å². The highest BCUT2D eigenvalue weighted by atomic mass is 14.8. The maximum absolute atomic E-state index is 3.93. The molecule has 0 aliphatic heterocycles. The van der Waals surface area contributed by atoms with Crippen molar-refractivity contribution in [1.82, 2.24) is 10.6 Å². The standard InChI is InChI=1S/C17H33N.C6H11N.C2H6.C2H4/c1-4-6-16(13-14-18-3)11-12-17-9-7-15(5-2)8-10-17;1-3-5-7-6-4-2;2*1-2/h5,15-18H,2,4,6-14H2,1,3H3;3-4,6-7H,1,5H2,2H3;1-2H3;1-2H2/b;6-4-;;. The molecule has 0 saturated heterocycles. The van der Waals surface area contributed by atoms with E-state index in [-0.39, 0.29) is 0 Å². The van der Waals surface area contributed by atoms with Crippen molar-refractivity contribution in [2.45, 2.75) is 85.5 Å². The molecular weight excluding hydrogens is 352 g/mol. The summed E-state index contributed by atoms with van der Waals surface area (Å²) in [5.74, 6) is 2.78. The van der Waals surface area contributed by atoms with Crippen LogP contribution in [0.15, 0.2) is 50.7 Å². The van der Waals surface area contributed by atoms with Gasteiger partial charge >= 0.3 is 0 Å². The van der Waals surface area contributed by atoms with E-state index in [1.54, 1.807) is 0 Å². The lowest BCUT2D eigenvalue weighted by Gasteiger charge is -2.28. The predicted octanol–water partition coefficient (Wildman–Crippen LogP) is 7.91. The fourth-order valence-electron chi connectivity index (χ4n) is 3.64. The van der Waals surface area contributed by atoms with E-state index in [2.05, 4.69) is 57.0 Å². The van der Waals surface area contributed by atoms with Crippen LogP contribution in [0.2, 0.25) is 0 Å². The van der Waals surface area contributed by atoms with Crippen LogP contribution in [0.4, 0.5) is 0 Å². The zero-order chi connectivity index (χ0) is 22.8. The van der Waals surface area contributed by atoms with Crippen LogP contribution in [-0.4, -0.2) is 20.1 Å². The first-order valence-corrected chi connectivity index (χ1v) is 11.9. The lowest BCUT2D eigenvalue weighted by molar-refractivity contribution is 0.267. The van der Waals surface area contributed by atoms with E-state index in [1.165, 1.54) is 64.3 Å². The van der Waals surface area contributed by atoms with E-state index in [1.807, 2.05) is 39.1 Å². The van der Waals surface area contributed by atoms with Gasteiger partial charge in [0.15, 0.2) is 0 Å². The third kappa shape index (κ3) is 22.9. The van der Waals surface area contributed by atoms with Gasteiger partial charge in [0.2, 0.25) is 0 Å². The minimum absolute atomic E-state index is 0.817. The molecule has 0 aromatic rings. The minimum atomic E-state index is 0.817. The van der Waals surface area contributed by atoms with Crippen molar-refractivity contribution >= 4 is 0 Å². The average Bonchev–Trinajstić information content (AvgIpc) is 2.79. The molecule has 2 heteroatoms. The number of rotatable bonds is 12. The summed E-state index contributed by atoms with van der Waals surface area (Å²) < 4.78 is 0. The first-order valence-electron chi connectivity index (χ1n) is 11.9. The molecule has 1 fully saturated rings. The quantitative estimate of drug-likeness (QED) is 0.254. The summed E-state index contributed by atoms with van der Waals surface area (Å²) in [6, 6.07) is 0. The van der Waals surface area contributed by atoms with Crippen molar-refractivity contribution < 1.29 is 0 Å². The topological polar surface area (TPSA) is 24.1 Å². The molecule has 0 aromatic carbocycles. The van der Waals surface area contributed by atoms with Gasteiger partial charge in [-0.1, -0.05) is 64.7 Å². The van der Waals surface area contributed by atoms with Gasteiger partial charge in [0, 0.05) is 6.54 Å². The first kappa shape index (κ1) is 32.4. The Labute approximate surface area is 185 Å². The van der Waals surface area contributed by atoms with Gasteiger partial charge < -0.3 is 10.6 Å². The smallest absolute Gasteiger partial charge is 0.0322 e. The van der Waals surface area contributed by atoms with Gasteiger partial charge in [0.05, 0.1) is 0 Å². The molecule has 0 spiro atoms. The molecule has 0 aromatic heterocycles. The summed E-state index contributed by atoms with van der Waals surface area (Å²) in [6.07, 6.45) is 20.6. The minimum Gasteiger partial charge on any atom is -0.388 e. The molecule has 1 rings (SSSR count). The maximum Gasteiger partial charge on any atom is 0.0322 e. The lowest BCUT2D eigenvalue weighted by Crippen LogP contribution is -2.16. The van der Waals surface area contributed by atoms with Crippen LogP contribution in [0.3, 0.4) is 0 Å². The summed E-state index contributed by atoms with van der Waals surface area (Å²) in [7, 11) is 2.07. The van der Waals surface area contributed by atoms with Gasteiger partial charge in [0.1, 0.15) is 0 Å². The normalized spacial score (nSPS) is 18.7. The third-order valence-corrected chi connectivity index (χ3v) is 5.25. The third-order valence-electron chi connectivity index (χ3n) is 5.25. The summed E-state index contributed by atoms with van der Waals surface area (Å²) in [5, 5.41) is 6.28. The van der Waals surface area contributed by atoms with Crippen molar-refractivity contribution in [3.63, 3.8) is 0 Å². The molecule has 172 valence electrons. The van der Waals surface area contributed by atoms with Crippen LogP contribution >= 0.6 is 0 Å². The molecule has 29 heavy (non-hydrogen) atoms. The molecule has 1 saturated carbocycles. The summed E-state index contributed by atoms with van der Waals surface area (Å²) in [4.78, 5) is 0. The molecule has 0 bridgehead atoms. The van der Waals surface area contributed by atoms with E-state index in [0.717, 1.165) is 24.3 Å². The molecule has 0 heterocycles. The fourth-order valence-corrected chi connectivity index (χ4v) is 3.64. The van der Waals surface area contributed by atoms with Crippen molar-refractivity contribution in [2.75, 3.05) is 20.1 Å². The van der Waals surface area contributed by atoms with Crippen LogP contribution in [0.1, 0.15) is 85.5 Å². The van der Waals surface area contributed by atoms with E-state index < -0.39 is 0 Å². The largest absolute Gasteiger partial charge is 0.388 e. The van der Waals surface area contributed by atoms with Gasteiger partial charge in [-0.3, -0.25) is 0 Å². The molecule has 2 N–H and O–H groups in total. The number of hydrogen-bond donors (Lipinski definition) is 2. The highest BCUT2D eigenvalue weighted by molar-refractivity contribution is 4.84. The van der Waals surface area contributed by atoms with Crippen molar-refractivity contribution in [2.24, 2.45) is 17.8 Å². The second-order valence-electron chi connectivity index (χ2n) is 7.34. The molecule has 0 amide bonds. The first-order chi connectivity index (χ1) is 14.2. The Morgan fingerprint density at radius 2 is 1.62 bits per heavy atom. The van der Waals surface area contributed by atoms with Crippen LogP contribution in [-0.2, 0) is 0 Å². The fraction of sp³-hybridized carbons (Fsp3) is 0.704. The van der Waals surface area contributed by atoms with Crippen LogP contribution in [0.25, 0.3) is 0 Å². The monoisotopic (exact) mass is 406 g/mol. The molecule has 1 atom stereocenters. The highest BCUT2D eigenvalue weighted by Crippen LogP contribution is 2.33. The van der Waals surface area contributed by atoms with Gasteiger partial charge in [0.25, 0.3) is 0 Å².